The Kier molecular flexibility index (Phi) is 4.33. The number of aromatic nitrogens is 2. The minimum atomic E-state index is 0. The summed E-state index contributed by atoms with van der Waals surface area (Å²) in [6, 6.07) is 9.92. The number of rotatable bonds is 3. The van der Waals surface area contributed by atoms with Crippen molar-refractivity contribution in [2.75, 3.05) is 13.1 Å². The molecule has 18 heavy (non-hydrogen) atoms. The van der Waals surface area contributed by atoms with Crippen LogP contribution in [0.15, 0.2) is 34.9 Å². The minimum absolute atomic E-state index is 0. The lowest BCUT2D eigenvalue weighted by Crippen LogP contribution is -2.10. The summed E-state index contributed by atoms with van der Waals surface area (Å²) in [4.78, 5) is 4.44. The third kappa shape index (κ3) is 2.89. The van der Waals surface area contributed by atoms with Gasteiger partial charge in [-0.15, -0.1) is 12.4 Å². The van der Waals surface area contributed by atoms with Crippen molar-refractivity contribution in [2.45, 2.75) is 12.8 Å². The van der Waals surface area contributed by atoms with Crippen LogP contribution in [0.4, 0.5) is 0 Å². The van der Waals surface area contributed by atoms with Gasteiger partial charge in [0.1, 0.15) is 0 Å². The highest BCUT2D eigenvalue weighted by atomic mass is 35.5. The molecule has 2 aromatic rings. The molecule has 96 valence electrons. The molecule has 0 radical (unpaired) electrons. The van der Waals surface area contributed by atoms with Crippen LogP contribution in [0.2, 0.25) is 0 Å². The summed E-state index contributed by atoms with van der Waals surface area (Å²) in [7, 11) is 0. The highest BCUT2D eigenvalue weighted by Gasteiger charge is 2.18. The fourth-order valence-corrected chi connectivity index (χ4v) is 2.18. The molecule has 0 amide bonds. The van der Waals surface area contributed by atoms with Crippen LogP contribution in [0.25, 0.3) is 11.4 Å². The van der Waals surface area contributed by atoms with E-state index < -0.39 is 0 Å². The molecule has 2 heterocycles. The van der Waals surface area contributed by atoms with Gasteiger partial charge in [0.25, 0.3) is 0 Å². The summed E-state index contributed by atoms with van der Waals surface area (Å²) in [5, 5.41) is 7.36. The highest BCUT2D eigenvalue weighted by molar-refractivity contribution is 5.85. The van der Waals surface area contributed by atoms with Crippen LogP contribution in [0.3, 0.4) is 0 Å². The summed E-state index contributed by atoms with van der Waals surface area (Å²) in [6.45, 7) is 2.16. The molecular weight excluding hydrogens is 250 g/mol. The van der Waals surface area contributed by atoms with E-state index in [0.717, 1.165) is 31.0 Å². The molecule has 0 saturated carbocycles. The van der Waals surface area contributed by atoms with Gasteiger partial charge in [-0.1, -0.05) is 35.5 Å². The van der Waals surface area contributed by atoms with Crippen molar-refractivity contribution in [1.29, 1.82) is 0 Å². The summed E-state index contributed by atoms with van der Waals surface area (Å²) >= 11 is 0. The van der Waals surface area contributed by atoms with E-state index in [1.807, 2.05) is 30.3 Å². The van der Waals surface area contributed by atoms with Gasteiger partial charge in [-0.05, 0) is 25.4 Å². The maximum atomic E-state index is 5.29. The fourth-order valence-electron chi connectivity index (χ4n) is 2.18. The molecule has 3 rings (SSSR count). The van der Waals surface area contributed by atoms with Crippen molar-refractivity contribution >= 4 is 12.4 Å². The molecule has 0 spiro atoms. The first-order chi connectivity index (χ1) is 8.42. The molecule has 1 aliphatic rings. The monoisotopic (exact) mass is 265 g/mol. The molecule has 1 N–H and O–H groups in total. The quantitative estimate of drug-likeness (QED) is 0.925. The summed E-state index contributed by atoms with van der Waals surface area (Å²) in [5.74, 6) is 2.07. The molecule has 1 atom stereocenters. The molecule has 1 unspecified atom stereocenters. The minimum Gasteiger partial charge on any atom is -0.339 e. The second-order valence-electron chi connectivity index (χ2n) is 4.44. The van der Waals surface area contributed by atoms with E-state index in [1.54, 1.807) is 0 Å². The average molecular weight is 266 g/mol. The molecule has 0 bridgehead atoms. The van der Waals surface area contributed by atoms with Gasteiger partial charge >= 0.3 is 0 Å². The molecule has 1 aromatic heterocycles. The van der Waals surface area contributed by atoms with E-state index in [2.05, 4.69) is 15.5 Å². The van der Waals surface area contributed by atoms with Gasteiger partial charge in [-0.25, -0.2) is 0 Å². The van der Waals surface area contributed by atoms with Crippen LogP contribution in [-0.2, 0) is 6.42 Å². The third-order valence-corrected chi connectivity index (χ3v) is 3.13. The lowest BCUT2D eigenvalue weighted by atomic mass is 10.1. The first kappa shape index (κ1) is 13.1. The molecular formula is C13H16ClN3O. The smallest absolute Gasteiger partial charge is 0.227 e. The SMILES string of the molecule is Cl.c1ccc(-c2noc(CC3CCNC3)n2)cc1. The van der Waals surface area contributed by atoms with Gasteiger partial charge in [-0.2, -0.15) is 4.98 Å². The average Bonchev–Trinajstić information content (AvgIpc) is 3.02. The maximum absolute atomic E-state index is 5.29. The second kappa shape index (κ2) is 5.98. The summed E-state index contributed by atoms with van der Waals surface area (Å²) in [5.41, 5.74) is 1.01. The van der Waals surface area contributed by atoms with Gasteiger partial charge in [0.2, 0.25) is 11.7 Å². The number of halogens is 1. The van der Waals surface area contributed by atoms with Gasteiger partial charge in [-0.3, -0.25) is 0 Å². The van der Waals surface area contributed by atoms with E-state index in [9.17, 15) is 0 Å². The van der Waals surface area contributed by atoms with E-state index in [-0.39, 0.29) is 12.4 Å². The summed E-state index contributed by atoms with van der Waals surface area (Å²) < 4.78 is 5.29. The largest absolute Gasteiger partial charge is 0.339 e. The molecule has 1 fully saturated rings. The van der Waals surface area contributed by atoms with Gasteiger partial charge in [0.05, 0.1) is 0 Å². The van der Waals surface area contributed by atoms with Crippen LogP contribution in [-0.4, -0.2) is 23.2 Å². The Labute approximate surface area is 112 Å². The Morgan fingerprint density at radius 3 is 2.83 bits per heavy atom. The van der Waals surface area contributed by atoms with Crippen molar-refractivity contribution in [3.63, 3.8) is 0 Å². The third-order valence-electron chi connectivity index (χ3n) is 3.13. The van der Waals surface area contributed by atoms with Gasteiger partial charge < -0.3 is 9.84 Å². The molecule has 1 aliphatic heterocycles. The van der Waals surface area contributed by atoms with Crippen LogP contribution in [0.1, 0.15) is 12.3 Å². The zero-order valence-electron chi connectivity index (χ0n) is 10.0. The Morgan fingerprint density at radius 2 is 2.11 bits per heavy atom. The van der Waals surface area contributed by atoms with Crippen LogP contribution >= 0.6 is 12.4 Å². The van der Waals surface area contributed by atoms with Crippen molar-refractivity contribution in [3.8, 4) is 11.4 Å². The Hall–Kier alpha value is -1.39. The van der Waals surface area contributed by atoms with Crippen LogP contribution in [0.5, 0.6) is 0 Å². The first-order valence-electron chi connectivity index (χ1n) is 6.00. The van der Waals surface area contributed by atoms with Crippen molar-refractivity contribution < 1.29 is 4.52 Å². The molecule has 5 heteroatoms. The normalized spacial score (nSPS) is 18.6. The molecule has 0 aliphatic carbocycles. The fraction of sp³-hybridized carbons (Fsp3) is 0.385. The highest BCUT2D eigenvalue weighted by Crippen LogP contribution is 2.18. The molecule has 4 nitrogen and oxygen atoms in total. The van der Waals surface area contributed by atoms with Crippen LogP contribution < -0.4 is 5.32 Å². The van der Waals surface area contributed by atoms with E-state index in [1.165, 1.54) is 6.42 Å². The van der Waals surface area contributed by atoms with Crippen LogP contribution in [0, 0.1) is 5.92 Å². The van der Waals surface area contributed by atoms with Crippen molar-refractivity contribution in [1.82, 2.24) is 15.5 Å². The van der Waals surface area contributed by atoms with Gasteiger partial charge in [0.15, 0.2) is 0 Å². The first-order valence-corrected chi connectivity index (χ1v) is 6.00. The Bertz CT molecular complexity index is 480. The molecule has 1 aromatic carbocycles. The number of benzene rings is 1. The lowest BCUT2D eigenvalue weighted by molar-refractivity contribution is 0.358. The maximum Gasteiger partial charge on any atom is 0.227 e. The second-order valence-corrected chi connectivity index (χ2v) is 4.44. The Balaban J connectivity index is 0.00000120. The Morgan fingerprint density at radius 1 is 1.28 bits per heavy atom. The number of nitrogens with zero attached hydrogens (tertiary/aromatic N) is 2. The zero-order chi connectivity index (χ0) is 11.5. The van der Waals surface area contributed by atoms with E-state index in [4.69, 9.17) is 4.52 Å². The topological polar surface area (TPSA) is 51.0 Å². The van der Waals surface area contributed by atoms with Crippen molar-refractivity contribution in [3.05, 3.63) is 36.2 Å². The van der Waals surface area contributed by atoms with E-state index in [0.29, 0.717) is 11.7 Å². The number of nitrogens with one attached hydrogen (secondary N) is 1. The molecule has 1 saturated heterocycles. The number of hydrogen-bond donors (Lipinski definition) is 1. The lowest BCUT2D eigenvalue weighted by Gasteiger charge is -2.01. The predicted molar refractivity (Wildman–Crippen MR) is 71.7 cm³/mol. The summed E-state index contributed by atoms with van der Waals surface area (Å²) in [6.07, 6.45) is 2.08. The standard InChI is InChI=1S/C13H15N3O.ClH/c1-2-4-11(5-3-1)13-15-12(17-16-13)8-10-6-7-14-9-10;/h1-5,10,14H,6-9H2;1H. The predicted octanol–water partition coefficient (Wildman–Crippen LogP) is 2.31. The van der Waals surface area contributed by atoms with E-state index >= 15 is 0 Å². The number of hydrogen-bond acceptors (Lipinski definition) is 4. The zero-order valence-corrected chi connectivity index (χ0v) is 10.8. The van der Waals surface area contributed by atoms with Gasteiger partial charge in [0, 0.05) is 12.0 Å². The van der Waals surface area contributed by atoms with Crippen molar-refractivity contribution in [2.24, 2.45) is 5.92 Å².